The second kappa shape index (κ2) is 11.4. The summed E-state index contributed by atoms with van der Waals surface area (Å²) in [6.45, 7) is -0.473. The van der Waals surface area contributed by atoms with Crippen molar-refractivity contribution in [2.45, 2.75) is 101 Å². The molecule has 4 aliphatic rings. The van der Waals surface area contributed by atoms with Crippen molar-refractivity contribution in [3.63, 3.8) is 0 Å². The lowest BCUT2D eigenvalue weighted by molar-refractivity contribution is -0.129. The van der Waals surface area contributed by atoms with Gasteiger partial charge in [-0.05, 0) is 68.9 Å². The Balaban J connectivity index is 1.35. The van der Waals surface area contributed by atoms with E-state index < -0.39 is 17.2 Å². The van der Waals surface area contributed by atoms with Gasteiger partial charge < -0.3 is 19.6 Å². The van der Waals surface area contributed by atoms with Gasteiger partial charge in [-0.3, -0.25) is 9.69 Å². The van der Waals surface area contributed by atoms with E-state index in [0.717, 1.165) is 43.0 Å². The molecule has 4 bridgehead atoms. The summed E-state index contributed by atoms with van der Waals surface area (Å²) in [6, 6.07) is 8.95. The first-order valence-corrected chi connectivity index (χ1v) is 14.9. The topological polar surface area (TPSA) is 117 Å². The van der Waals surface area contributed by atoms with Crippen LogP contribution >= 0.6 is 0 Å². The lowest BCUT2D eigenvalue weighted by Gasteiger charge is -2.54. The van der Waals surface area contributed by atoms with Crippen molar-refractivity contribution >= 4 is 22.7 Å². The molecule has 4 atom stereocenters. The molecule has 39 heavy (non-hydrogen) atoms. The van der Waals surface area contributed by atoms with Gasteiger partial charge in [0.15, 0.2) is 5.69 Å². The maximum atomic E-state index is 14.0. The summed E-state index contributed by atoms with van der Waals surface area (Å²) in [5, 5.41) is 22.6. The summed E-state index contributed by atoms with van der Waals surface area (Å²) in [4.78, 5) is 38.3. The average molecular weight is 537 g/mol. The van der Waals surface area contributed by atoms with Crippen LogP contribution in [0.15, 0.2) is 34.2 Å². The first-order chi connectivity index (χ1) is 19.0. The van der Waals surface area contributed by atoms with Crippen molar-refractivity contribution in [1.29, 1.82) is 0 Å². The molecule has 2 aliphatic carbocycles. The molecular weight excluding hydrogens is 496 g/mol. The van der Waals surface area contributed by atoms with Gasteiger partial charge in [0.2, 0.25) is 5.71 Å². The molecule has 6 rings (SSSR count). The smallest absolute Gasteiger partial charge is 0.360 e. The minimum atomic E-state index is -1.38. The summed E-state index contributed by atoms with van der Waals surface area (Å²) in [5.74, 6) is 0.349. The van der Waals surface area contributed by atoms with Crippen LogP contribution in [0.5, 0.6) is 0 Å². The standard InChI is InChI=1S/C30H40N4O5/c35-12-13-39-32-28(30(37)38)27-29(36)34(26-11-4-3-10-25(26)31-27)24-17-21-8-5-9-22(18-24)33(21)23-15-19-6-1-2-7-20(14-19)16-23/h3-4,10-11,19-24,35H,1-2,5-9,12-18H2,(H,37,38)/b32-28-. The van der Waals surface area contributed by atoms with Crippen LogP contribution < -0.4 is 5.56 Å². The molecule has 2 aromatic rings. The number of oxime groups is 1. The van der Waals surface area contributed by atoms with Gasteiger partial charge in [-0.15, -0.1) is 0 Å². The highest BCUT2D eigenvalue weighted by atomic mass is 16.6. The number of carboxylic acids is 1. The number of benzene rings is 1. The van der Waals surface area contributed by atoms with Crippen LogP contribution in [0.3, 0.4) is 0 Å². The molecule has 0 amide bonds. The molecule has 2 saturated heterocycles. The van der Waals surface area contributed by atoms with Crippen molar-refractivity contribution in [3.8, 4) is 0 Å². The monoisotopic (exact) mass is 536 g/mol. The molecule has 9 nitrogen and oxygen atoms in total. The molecule has 2 aliphatic heterocycles. The highest BCUT2D eigenvalue weighted by Crippen LogP contribution is 2.47. The lowest BCUT2D eigenvalue weighted by atomic mass is 9.73. The molecule has 2 N–H and O–H groups in total. The number of nitrogens with zero attached hydrogens (tertiary/aromatic N) is 4. The SMILES string of the molecule is O=C(O)/C(=N\OCCO)c1nc2ccccc2n(C2CC3CCCC(C2)N3C2CC3CCCCC(C3)C2)c1=O. The largest absolute Gasteiger partial charge is 0.476 e. The summed E-state index contributed by atoms with van der Waals surface area (Å²) in [6.07, 6.45) is 14.9. The van der Waals surface area contributed by atoms with Gasteiger partial charge in [-0.1, -0.05) is 49.4 Å². The van der Waals surface area contributed by atoms with E-state index in [-0.39, 0.29) is 24.9 Å². The number of fused-ring (bicyclic) bond motifs is 5. The molecule has 4 fully saturated rings. The second-order valence-electron chi connectivity index (χ2n) is 12.1. The minimum Gasteiger partial charge on any atom is -0.476 e. The van der Waals surface area contributed by atoms with Crippen LogP contribution in [-0.2, 0) is 9.63 Å². The van der Waals surface area contributed by atoms with Gasteiger partial charge in [-0.25, -0.2) is 9.78 Å². The first kappa shape index (κ1) is 26.4. The fourth-order valence-electron chi connectivity index (χ4n) is 8.31. The van der Waals surface area contributed by atoms with E-state index in [0.29, 0.717) is 23.6 Å². The summed E-state index contributed by atoms with van der Waals surface area (Å²) < 4.78 is 1.80. The summed E-state index contributed by atoms with van der Waals surface area (Å²) in [5.41, 5.74) is 0.0979. The van der Waals surface area contributed by atoms with E-state index in [1.165, 1.54) is 51.4 Å². The fraction of sp³-hybridized carbons (Fsp3) is 0.667. The predicted octanol–water partition coefficient (Wildman–Crippen LogP) is 4.11. The number of hydrogen-bond acceptors (Lipinski definition) is 7. The highest BCUT2D eigenvalue weighted by molar-refractivity contribution is 6.41. The number of piperidine rings is 2. The average Bonchev–Trinajstić information content (AvgIpc) is 3.09. The third kappa shape index (κ3) is 5.23. The Labute approximate surface area is 228 Å². The van der Waals surface area contributed by atoms with E-state index in [9.17, 15) is 14.7 Å². The molecule has 3 heterocycles. The first-order valence-electron chi connectivity index (χ1n) is 14.9. The number of rotatable bonds is 7. The zero-order valence-electron chi connectivity index (χ0n) is 22.6. The maximum absolute atomic E-state index is 14.0. The van der Waals surface area contributed by atoms with Crippen molar-refractivity contribution in [3.05, 3.63) is 40.3 Å². The lowest BCUT2D eigenvalue weighted by Crippen LogP contribution is -2.58. The molecule has 4 unspecified atom stereocenters. The van der Waals surface area contributed by atoms with E-state index in [4.69, 9.17) is 9.94 Å². The molecule has 1 aromatic carbocycles. The van der Waals surface area contributed by atoms with Gasteiger partial charge in [-0.2, -0.15) is 0 Å². The molecule has 0 radical (unpaired) electrons. The Kier molecular flexibility index (Phi) is 7.71. The maximum Gasteiger partial charge on any atom is 0.360 e. The predicted molar refractivity (Wildman–Crippen MR) is 148 cm³/mol. The Morgan fingerprint density at radius 3 is 2.28 bits per heavy atom. The number of para-hydroxylation sites is 2. The van der Waals surface area contributed by atoms with Crippen molar-refractivity contribution in [2.75, 3.05) is 13.2 Å². The van der Waals surface area contributed by atoms with Crippen LogP contribution in [0, 0.1) is 11.8 Å². The zero-order valence-corrected chi connectivity index (χ0v) is 22.6. The van der Waals surface area contributed by atoms with Crippen LogP contribution in [-0.4, -0.2) is 67.7 Å². The Bertz CT molecular complexity index is 1260. The summed E-state index contributed by atoms with van der Waals surface area (Å²) >= 11 is 0. The zero-order chi connectivity index (χ0) is 26.9. The normalized spacial score (nSPS) is 31.6. The second-order valence-corrected chi connectivity index (χ2v) is 12.1. The number of aromatic nitrogens is 2. The van der Waals surface area contributed by atoms with Crippen LogP contribution in [0.1, 0.15) is 88.8 Å². The van der Waals surface area contributed by atoms with Crippen LogP contribution in [0.2, 0.25) is 0 Å². The highest BCUT2D eigenvalue weighted by Gasteiger charge is 2.45. The number of aliphatic carboxylic acids is 1. The van der Waals surface area contributed by atoms with E-state index >= 15 is 0 Å². The molecule has 0 spiro atoms. The van der Waals surface area contributed by atoms with Crippen molar-refractivity contribution in [1.82, 2.24) is 14.5 Å². The third-order valence-corrected chi connectivity index (χ3v) is 9.71. The molecule has 2 saturated carbocycles. The number of aliphatic hydroxyl groups is 1. The van der Waals surface area contributed by atoms with E-state index in [2.05, 4.69) is 15.0 Å². The van der Waals surface area contributed by atoms with Gasteiger partial charge in [0, 0.05) is 24.2 Å². The quantitative estimate of drug-likeness (QED) is 0.311. The molecule has 210 valence electrons. The van der Waals surface area contributed by atoms with Gasteiger partial charge >= 0.3 is 5.97 Å². The fourth-order valence-corrected chi connectivity index (χ4v) is 8.31. The summed E-state index contributed by atoms with van der Waals surface area (Å²) in [7, 11) is 0. The van der Waals surface area contributed by atoms with Crippen molar-refractivity contribution in [2.24, 2.45) is 17.0 Å². The van der Waals surface area contributed by atoms with Crippen molar-refractivity contribution < 1.29 is 19.8 Å². The number of hydrogen-bond donors (Lipinski definition) is 2. The third-order valence-electron chi connectivity index (χ3n) is 9.71. The number of carbonyl (C=O) groups is 1. The Morgan fingerprint density at radius 1 is 0.923 bits per heavy atom. The van der Waals surface area contributed by atoms with Crippen LogP contribution in [0.4, 0.5) is 0 Å². The van der Waals surface area contributed by atoms with E-state index in [1.54, 1.807) is 4.57 Å². The molecule has 1 aromatic heterocycles. The number of carboxylic acid groups (broad SMARTS) is 1. The Morgan fingerprint density at radius 2 is 1.62 bits per heavy atom. The molecular formula is C30H40N4O5. The van der Waals surface area contributed by atoms with Gasteiger partial charge in [0.1, 0.15) is 6.61 Å². The Hall–Kier alpha value is -2.78. The molecule has 9 heteroatoms. The number of aliphatic hydroxyl groups excluding tert-OH is 1. The van der Waals surface area contributed by atoms with E-state index in [1.807, 2.05) is 24.3 Å². The van der Waals surface area contributed by atoms with Crippen LogP contribution in [0.25, 0.3) is 11.0 Å². The minimum absolute atomic E-state index is 0.0324. The van der Waals surface area contributed by atoms with Gasteiger partial charge in [0.25, 0.3) is 5.56 Å². The van der Waals surface area contributed by atoms with Gasteiger partial charge in [0.05, 0.1) is 17.6 Å².